The van der Waals surface area contributed by atoms with Gasteiger partial charge in [-0.05, 0) is 48.4 Å². The van der Waals surface area contributed by atoms with Crippen LogP contribution in [0.5, 0.6) is 5.75 Å². The van der Waals surface area contributed by atoms with Gasteiger partial charge in [-0.15, -0.1) is 0 Å². The van der Waals surface area contributed by atoms with Gasteiger partial charge in [0.15, 0.2) is 11.4 Å². The van der Waals surface area contributed by atoms with Gasteiger partial charge in [-0.3, -0.25) is 14.4 Å². The number of rotatable bonds is 2. The second-order valence-corrected chi connectivity index (χ2v) is 9.26. The van der Waals surface area contributed by atoms with Crippen LogP contribution in [0.1, 0.15) is 29.5 Å². The highest BCUT2D eigenvalue weighted by atomic mass is 16.3. The van der Waals surface area contributed by atoms with E-state index in [9.17, 15) is 34.8 Å². The van der Waals surface area contributed by atoms with Crippen molar-refractivity contribution in [1.29, 1.82) is 0 Å². The number of aliphatic hydroxyl groups excluding tert-OH is 2. The van der Waals surface area contributed by atoms with Gasteiger partial charge in [0.25, 0.3) is 5.91 Å². The molecule has 6 N–H and O–H groups in total. The Morgan fingerprint density at radius 2 is 1.71 bits per heavy atom. The van der Waals surface area contributed by atoms with E-state index in [0.717, 1.165) is 16.7 Å². The summed E-state index contributed by atoms with van der Waals surface area (Å²) in [5, 5.41) is 43.6. The van der Waals surface area contributed by atoms with E-state index in [1.165, 1.54) is 6.07 Å². The molecule has 34 heavy (non-hydrogen) atoms. The van der Waals surface area contributed by atoms with Crippen LogP contribution in [0.25, 0.3) is 16.9 Å². The third-order valence-corrected chi connectivity index (χ3v) is 7.31. The zero-order valence-electron chi connectivity index (χ0n) is 18.3. The number of carbonyl (C=O) groups is 3. The van der Waals surface area contributed by atoms with E-state index in [4.69, 9.17) is 5.73 Å². The number of aryl methyl sites for hydroxylation is 1. The summed E-state index contributed by atoms with van der Waals surface area (Å²) in [6, 6.07) is 10.9. The average molecular weight is 461 g/mol. The molecule has 3 atom stereocenters. The number of fused-ring (bicyclic) bond motifs is 3. The molecule has 0 radical (unpaired) electrons. The SMILES string of the molecule is Cc1ccc(-c2ccc(O)c3c2CC2CC4CC(=O)C(C(N)=O)=C(O)C4(O)C(=O)C2=C3O)cc1. The molecule has 2 aromatic carbocycles. The number of primary amides is 1. The number of hydrogen-bond donors (Lipinski definition) is 5. The first-order valence-corrected chi connectivity index (χ1v) is 10.9. The van der Waals surface area contributed by atoms with Crippen molar-refractivity contribution in [1.82, 2.24) is 0 Å². The quantitative estimate of drug-likeness (QED) is 0.430. The number of aromatic hydroxyl groups is 1. The molecule has 3 aliphatic carbocycles. The summed E-state index contributed by atoms with van der Waals surface area (Å²) in [5.74, 6) is -6.32. The Balaban J connectivity index is 1.70. The first-order valence-electron chi connectivity index (χ1n) is 10.9. The van der Waals surface area contributed by atoms with Gasteiger partial charge in [0, 0.05) is 17.9 Å². The Morgan fingerprint density at radius 3 is 2.35 bits per heavy atom. The summed E-state index contributed by atoms with van der Waals surface area (Å²) in [7, 11) is 0. The van der Waals surface area contributed by atoms with Gasteiger partial charge in [0.1, 0.15) is 22.8 Å². The number of carbonyl (C=O) groups excluding carboxylic acids is 3. The van der Waals surface area contributed by atoms with Gasteiger partial charge in [-0.25, -0.2) is 0 Å². The number of ketones is 2. The van der Waals surface area contributed by atoms with Crippen LogP contribution in [0.15, 0.2) is 53.3 Å². The van der Waals surface area contributed by atoms with Crippen molar-refractivity contribution >= 4 is 23.2 Å². The van der Waals surface area contributed by atoms with E-state index in [1.807, 2.05) is 31.2 Å². The number of benzene rings is 2. The molecule has 5 rings (SSSR count). The highest BCUT2D eigenvalue weighted by Crippen LogP contribution is 2.53. The summed E-state index contributed by atoms with van der Waals surface area (Å²) in [6.07, 6.45) is 0.0325. The topological polar surface area (TPSA) is 158 Å². The second-order valence-electron chi connectivity index (χ2n) is 9.26. The summed E-state index contributed by atoms with van der Waals surface area (Å²) in [5.41, 5.74) is 5.16. The molecule has 174 valence electrons. The third-order valence-electron chi connectivity index (χ3n) is 7.31. The minimum atomic E-state index is -2.56. The molecular weight excluding hydrogens is 438 g/mol. The molecular formula is C26H23NO7. The van der Waals surface area contributed by atoms with E-state index in [2.05, 4.69) is 0 Å². The maximum atomic E-state index is 13.5. The summed E-state index contributed by atoms with van der Waals surface area (Å²) < 4.78 is 0. The fourth-order valence-corrected chi connectivity index (χ4v) is 5.63. The van der Waals surface area contributed by atoms with Gasteiger partial charge in [-0.2, -0.15) is 0 Å². The van der Waals surface area contributed by atoms with Crippen LogP contribution < -0.4 is 5.73 Å². The summed E-state index contributed by atoms with van der Waals surface area (Å²) in [6.45, 7) is 1.96. The average Bonchev–Trinajstić information content (AvgIpc) is 2.77. The third kappa shape index (κ3) is 2.85. The zero-order valence-corrected chi connectivity index (χ0v) is 18.3. The molecule has 1 amide bonds. The highest BCUT2D eigenvalue weighted by Gasteiger charge is 2.60. The van der Waals surface area contributed by atoms with Crippen LogP contribution in [-0.4, -0.2) is 43.5 Å². The van der Waals surface area contributed by atoms with Crippen molar-refractivity contribution in [2.24, 2.45) is 17.6 Å². The maximum Gasteiger partial charge on any atom is 0.255 e. The van der Waals surface area contributed by atoms with E-state index in [-0.39, 0.29) is 36.1 Å². The number of nitrogens with two attached hydrogens (primary N) is 1. The van der Waals surface area contributed by atoms with E-state index in [1.54, 1.807) is 6.07 Å². The maximum absolute atomic E-state index is 13.5. The minimum absolute atomic E-state index is 0.0882. The number of aliphatic hydroxyl groups is 3. The smallest absolute Gasteiger partial charge is 0.255 e. The molecule has 0 aromatic heterocycles. The first kappa shape index (κ1) is 21.9. The van der Waals surface area contributed by atoms with Crippen LogP contribution in [-0.2, 0) is 20.8 Å². The molecule has 8 heteroatoms. The molecule has 0 spiro atoms. The van der Waals surface area contributed by atoms with Crippen LogP contribution in [0.3, 0.4) is 0 Å². The largest absolute Gasteiger partial charge is 0.508 e. The predicted molar refractivity (Wildman–Crippen MR) is 122 cm³/mol. The minimum Gasteiger partial charge on any atom is -0.508 e. The second kappa shape index (κ2) is 7.30. The number of amides is 1. The van der Waals surface area contributed by atoms with Crippen LogP contribution in [0.4, 0.5) is 0 Å². The lowest BCUT2D eigenvalue weighted by Crippen LogP contribution is -2.58. The van der Waals surface area contributed by atoms with Crippen LogP contribution in [0.2, 0.25) is 0 Å². The highest BCUT2D eigenvalue weighted by molar-refractivity contribution is 6.22. The Bertz CT molecular complexity index is 1350. The van der Waals surface area contributed by atoms with Crippen LogP contribution >= 0.6 is 0 Å². The Labute approximate surface area is 194 Å². The normalized spacial score (nSPS) is 26.2. The molecule has 1 fully saturated rings. The molecule has 2 aromatic rings. The van der Waals surface area contributed by atoms with E-state index in [0.29, 0.717) is 5.56 Å². The van der Waals surface area contributed by atoms with Gasteiger partial charge >= 0.3 is 0 Å². The number of hydrogen-bond acceptors (Lipinski definition) is 7. The zero-order chi connectivity index (χ0) is 24.5. The van der Waals surface area contributed by atoms with Crippen molar-refractivity contribution in [2.45, 2.75) is 31.8 Å². The summed E-state index contributed by atoms with van der Waals surface area (Å²) in [4.78, 5) is 37.7. The fraction of sp³-hybridized carbons (Fsp3) is 0.269. The molecule has 3 aliphatic rings. The fourth-order valence-electron chi connectivity index (χ4n) is 5.63. The Kier molecular flexibility index (Phi) is 4.70. The lowest BCUT2D eigenvalue weighted by molar-refractivity contribution is -0.147. The van der Waals surface area contributed by atoms with Gasteiger partial charge in [0.2, 0.25) is 5.78 Å². The molecule has 0 aliphatic heterocycles. The first-order chi connectivity index (χ1) is 16.1. The van der Waals surface area contributed by atoms with E-state index < -0.39 is 52.0 Å². The molecule has 0 bridgehead atoms. The number of phenolic OH excluding ortho intramolecular Hbond substituents is 1. The number of Topliss-reactive ketones (excluding diaryl/α,β-unsaturated/α-hetero) is 2. The molecule has 0 saturated heterocycles. The molecule has 1 saturated carbocycles. The lowest BCUT2D eigenvalue weighted by Gasteiger charge is -2.46. The van der Waals surface area contributed by atoms with Crippen molar-refractivity contribution in [3.8, 4) is 16.9 Å². The van der Waals surface area contributed by atoms with Crippen molar-refractivity contribution in [2.75, 3.05) is 0 Å². The van der Waals surface area contributed by atoms with Gasteiger partial charge < -0.3 is 26.2 Å². The van der Waals surface area contributed by atoms with Gasteiger partial charge in [0.05, 0.1) is 5.56 Å². The monoisotopic (exact) mass is 461 g/mol. The van der Waals surface area contributed by atoms with Crippen molar-refractivity contribution < 1.29 is 34.8 Å². The molecule has 3 unspecified atom stereocenters. The predicted octanol–water partition coefficient (Wildman–Crippen LogP) is 2.40. The van der Waals surface area contributed by atoms with Crippen molar-refractivity contribution in [3.05, 3.63) is 70.0 Å². The summed E-state index contributed by atoms with van der Waals surface area (Å²) >= 11 is 0. The Morgan fingerprint density at radius 1 is 1.03 bits per heavy atom. The molecule has 8 nitrogen and oxygen atoms in total. The van der Waals surface area contributed by atoms with Crippen molar-refractivity contribution in [3.63, 3.8) is 0 Å². The van der Waals surface area contributed by atoms with E-state index >= 15 is 0 Å². The standard InChI is InChI=1S/C26H23NO7/c1-11-2-4-12(5-3-11)15-6-7-17(28)20-16(15)9-13-8-14-10-18(29)21(25(27)33)24(32)26(14,34)23(31)19(13)22(20)30/h2-7,13-14,28,30,32,34H,8-10H2,1H3,(H2,27,33). The van der Waals surface area contributed by atoms with Crippen LogP contribution in [0, 0.1) is 18.8 Å². The lowest BCUT2D eigenvalue weighted by atomic mass is 9.59. The Hall–Kier alpha value is -3.91. The number of phenols is 1. The molecule has 0 heterocycles. The van der Waals surface area contributed by atoms with Gasteiger partial charge in [-0.1, -0.05) is 35.9 Å².